The Morgan fingerprint density at radius 2 is 2.25 bits per heavy atom. The van der Waals surface area contributed by atoms with Crippen molar-refractivity contribution in [2.24, 2.45) is 0 Å². The molecular formula is C12H10BFNO. The molecule has 0 atom stereocenters. The summed E-state index contributed by atoms with van der Waals surface area (Å²) >= 11 is 0. The molecule has 0 unspecified atom stereocenters. The number of aromatic nitrogens is 1. The molecule has 0 fully saturated rings. The van der Waals surface area contributed by atoms with Crippen molar-refractivity contribution in [3.05, 3.63) is 39.9 Å². The normalized spacial score (nSPS) is 13.9. The van der Waals surface area contributed by atoms with E-state index in [9.17, 15) is 9.18 Å². The predicted molar refractivity (Wildman–Crippen MR) is 63.1 cm³/mol. The van der Waals surface area contributed by atoms with Gasteiger partial charge in [0.25, 0.3) is 0 Å². The summed E-state index contributed by atoms with van der Waals surface area (Å²) in [5.41, 5.74) is 2.30. The Morgan fingerprint density at radius 3 is 3.06 bits per heavy atom. The van der Waals surface area contributed by atoms with Gasteiger partial charge in [0.05, 0.1) is 0 Å². The fourth-order valence-electron chi connectivity index (χ4n) is 2.37. The van der Waals surface area contributed by atoms with Crippen molar-refractivity contribution >= 4 is 23.6 Å². The topological polar surface area (TPSA) is 22.0 Å². The maximum atomic E-state index is 13.4. The van der Waals surface area contributed by atoms with Crippen molar-refractivity contribution in [1.82, 2.24) is 4.57 Å². The Morgan fingerprint density at radius 1 is 1.44 bits per heavy atom. The third kappa shape index (κ3) is 1.22. The first-order valence-corrected chi connectivity index (χ1v) is 5.33. The molecule has 0 aliphatic carbocycles. The molecule has 2 nitrogen and oxygen atoms in total. The zero-order chi connectivity index (χ0) is 11.3. The van der Waals surface area contributed by atoms with E-state index in [1.54, 1.807) is 6.92 Å². The highest BCUT2D eigenvalue weighted by Gasteiger charge is 2.16. The van der Waals surface area contributed by atoms with Gasteiger partial charge < -0.3 is 4.57 Å². The van der Waals surface area contributed by atoms with Gasteiger partial charge in [-0.2, -0.15) is 0 Å². The van der Waals surface area contributed by atoms with Crippen LogP contribution in [0.25, 0.3) is 10.9 Å². The molecule has 0 amide bonds. The lowest BCUT2D eigenvalue weighted by molar-refractivity contribution is 0.629. The molecule has 1 aliphatic rings. The van der Waals surface area contributed by atoms with Crippen LogP contribution >= 0.6 is 0 Å². The monoisotopic (exact) mass is 214 g/mol. The van der Waals surface area contributed by atoms with Crippen LogP contribution in [0, 0.1) is 12.7 Å². The van der Waals surface area contributed by atoms with Gasteiger partial charge in [0.1, 0.15) is 5.82 Å². The Hall–Kier alpha value is -1.58. The molecule has 1 radical (unpaired) electrons. The summed E-state index contributed by atoms with van der Waals surface area (Å²) < 4.78 is 15.4. The van der Waals surface area contributed by atoms with Gasteiger partial charge in [-0.3, -0.25) is 4.79 Å². The molecule has 0 saturated carbocycles. The number of nitrogens with zero attached hydrogens (tertiary/aromatic N) is 1. The predicted octanol–water partition coefficient (Wildman–Crippen LogP) is 1.21. The lowest BCUT2D eigenvalue weighted by atomic mass is 9.64. The van der Waals surface area contributed by atoms with Gasteiger partial charge in [-0.1, -0.05) is 11.8 Å². The third-order valence-electron chi connectivity index (χ3n) is 3.08. The first-order chi connectivity index (χ1) is 7.66. The van der Waals surface area contributed by atoms with Crippen molar-refractivity contribution < 1.29 is 4.39 Å². The molecule has 0 bridgehead atoms. The van der Waals surface area contributed by atoms with E-state index >= 15 is 0 Å². The average molecular weight is 214 g/mol. The summed E-state index contributed by atoms with van der Waals surface area (Å²) in [5, 5.41) is 0.492. The zero-order valence-electron chi connectivity index (χ0n) is 8.96. The summed E-state index contributed by atoms with van der Waals surface area (Å²) in [6, 6.07) is 2.83. The highest BCUT2D eigenvalue weighted by molar-refractivity contribution is 6.57. The van der Waals surface area contributed by atoms with Gasteiger partial charge >= 0.3 is 0 Å². The van der Waals surface area contributed by atoms with E-state index in [2.05, 4.69) is 0 Å². The van der Waals surface area contributed by atoms with Crippen molar-refractivity contribution in [3.63, 3.8) is 0 Å². The van der Waals surface area contributed by atoms with Crippen LogP contribution in [0.15, 0.2) is 23.1 Å². The number of pyridine rings is 1. The largest absolute Gasteiger partial charge is 0.348 e. The molecule has 0 spiro atoms. The Bertz CT molecular complexity index is 637. The fraction of sp³-hybridized carbons (Fsp3) is 0.250. The smallest absolute Gasteiger partial charge is 0.192 e. The van der Waals surface area contributed by atoms with Crippen LogP contribution in [0.1, 0.15) is 5.56 Å². The van der Waals surface area contributed by atoms with Crippen LogP contribution in [0.2, 0.25) is 6.32 Å². The molecule has 16 heavy (non-hydrogen) atoms. The maximum absolute atomic E-state index is 13.4. The Labute approximate surface area is 92.9 Å². The summed E-state index contributed by atoms with van der Waals surface area (Å²) in [4.78, 5) is 11.9. The second-order valence-electron chi connectivity index (χ2n) is 4.22. The molecule has 2 heterocycles. The van der Waals surface area contributed by atoms with Gasteiger partial charge in [0, 0.05) is 29.2 Å². The molecular weight excluding hydrogens is 204 g/mol. The molecule has 0 N–H and O–H groups in total. The van der Waals surface area contributed by atoms with Crippen LogP contribution in [0.4, 0.5) is 4.39 Å². The average Bonchev–Trinajstić information content (AvgIpc) is 2.25. The lowest BCUT2D eigenvalue weighted by Crippen LogP contribution is -2.29. The summed E-state index contributed by atoms with van der Waals surface area (Å²) in [6.45, 7) is 2.63. The van der Waals surface area contributed by atoms with E-state index in [1.807, 2.05) is 18.0 Å². The van der Waals surface area contributed by atoms with Crippen LogP contribution in [0.3, 0.4) is 0 Å². The van der Waals surface area contributed by atoms with Gasteiger partial charge in [-0.25, -0.2) is 4.39 Å². The van der Waals surface area contributed by atoms with Crippen molar-refractivity contribution in [3.8, 4) is 0 Å². The number of hydrogen-bond donors (Lipinski definition) is 0. The second kappa shape index (κ2) is 3.21. The third-order valence-corrected chi connectivity index (χ3v) is 3.08. The molecule has 79 valence electrons. The molecule has 4 heteroatoms. The van der Waals surface area contributed by atoms with Crippen LogP contribution < -0.4 is 10.9 Å². The lowest BCUT2D eigenvalue weighted by Gasteiger charge is -2.20. The minimum Gasteiger partial charge on any atom is -0.348 e. The van der Waals surface area contributed by atoms with Crippen molar-refractivity contribution in [2.75, 3.05) is 0 Å². The summed E-state index contributed by atoms with van der Waals surface area (Å²) in [7, 11) is 1.99. The van der Waals surface area contributed by atoms with E-state index in [4.69, 9.17) is 0 Å². The fourth-order valence-corrected chi connectivity index (χ4v) is 2.37. The number of benzene rings is 1. The molecule has 3 rings (SSSR count). The Kier molecular flexibility index (Phi) is 1.93. The van der Waals surface area contributed by atoms with E-state index in [-0.39, 0.29) is 11.2 Å². The summed E-state index contributed by atoms with van der Waals surface area (Å²) in [5.74, 6) is -0.338. The van der Waals surface area contributed by atoms with E-state index < -0.39 is 0 Å². The first kappa shape index (κ1) is 9.64. The van der Waals surface area contributed by atoms with Crippen LogP contribution in [0.5, 0.6) is 0 Å². The molecule has 2 aromatic rings. The number of aryl methyl sites for hydroxylation is 2. The van der Waals surface area contributed by atoms with Crippen LogP contribution in [-0.2, 0) is 6.54 Å². The van der Waals surface area contributed by atoms with Gasteiger partial charge in [-0.05, 0) is 19.1 Å². The SMILES string of the molecule is Cc1cn2c3c(cc(F)cc3c1=O)[B]CC2. The van der Waals surface area contributed by atoms with E-state index in [1.165, 1.54) is 12.1 Å². The first-order valence-electron chi connectivity index (χ1n) is 5.33. The minimum absolute atomic E-state index is 0.0673. The van der Waals surface area contributed by atoms with Gasteiger partial charge in [0.15, 0.2) is 12.7 Å². The van der Waals surface area contributed by atoms with Crippen molar-refractivity contribution in [2.45, 2.75) is 19.8 Å². The number of rotatable bonds is 0. The molecule has 1 aromatic carbocycles. The standard InChI is InChI=1S/C12H10BFNO/c1-7-6-15-3-2-13-10-5-8(14)4-9(11(10)15)12(7)16/h4-6H,2-3H2,1H3. The Balaban J connectivity index is 2.57. The second-order valence-corrected chi connectivity index (χ2v) is 4.22. The quantitative estimate of drug-likeness (QED) is 0.604. The summed E-state index contributed by atoms with van der Waals surface area (Å²) in [6.07, 6.45) is 2.74. The molecule has 0 saturated heterocycles. The highest BCUT2D eigenvalue weighted by Crippen LogP contribution is 2.15. The van der Waals surface area contributed by atoms with E-state index in [0.29, 0.717) is 10.9 Å². The van der Waals surface area contributed by atoms with Crippen LogP contribution in [-0.4, -0.2) is 11.8 Å². The minimum atomic E-state index is -0.338. The number of halogens is 1. The number of hydrogen-bond acceptors (Lipinski definition) is 1. The molecule has 1 aliphatic heterocycles. The zero-order valence-corrected chi connectivity index (χ0v) is 8.96. The molecule has 1 aromatic heterocycles. The highest BCUT2D eigenvalue weighted by atomic mass is 19.1. The van der Waals surface area contributed by atoms with Gasteiger partial charge in [0.2, 0.25) is 0 Å². The van der Waals surface area contributed by atoms with Gasteiger partial charge in [-0.15, -0.1) is 0 Å². The van der Waals surface area contributed by atoms with E-state index in [0.717, 1.165) is 23.8 Å². The van der Waals surface area contributed by atoms with Crippen molar-refractivity contribution in [1.29, 1.82) is 0 Å². The maximum Gasteiger partial charge on any atom is 0.192 e.